The molecule has 0 amide bonds. The molecule has 31 heavy (non-hydrogen) atoms. The van der Waals surface area contributed by atoms with Crippen LogP contribution in [-0.2, 0) is 42.8 Å². The van der Waals surface area contributed by atoms with Gasteiger partial charge in [-0.05, 0) is 50.7 Å². The van der Waals surface area contributed by atoms with Crippen molar-refractivity contribution in [2.24, 2.45) is 4.40 Å². The molecular formula is C24H19FeNO4S+. The summed E-state index contributed by atoms with van der Waals surface area (Å²) in [6.07, 6.45) is 16.3. The van der Waals surface area contributed by atoms with E-state index < -0.39 is 10.0 Å². The normalized spacial score (nSPS) is 14.0. The van der Waals surface area contributed by atoms with E-state index in [2.05, 4.69) is 29.8 Å². The number of fused-ring (bicyclic) bond motifs is 1. The summed E-state index contributed by atoms with van der Waals surface area (Å²) in [4.78, 5) is 0.200. The summed E-state index contributed by atoms with van der Waals surface area (Å²) < 4.78 is 43.1. The molecule has 0 aromatic heterocycles. The number of nitrogens with zero attached hydrogens (tertiary/aromatic N) is 1. The molecule has 2 aromatic rings. The van der Waals surface area contributed by atoms with Crippen LogP contribution in [-0.4, -0.2) is 14.6 Å². The maximum Gasteiger partial charge on any atom is 2.00 e. The fourth-order valence-electron chi connectivity index (χ4n) is 2.64. The van der Waals surface area contributed by atoms with E-state index in [1.807, 2.05) is 50.3 Å². The van der Waals surface area contributed by atoms with Crippen molar-refractivity contribution in [2.75, 3.05) is 0 Å². The number of sulfonamides is 1. The summed E-state index contributed by atoms with van der Waals surface area (Å²) in [7, 11) is -3.65. The van der Waals surface area contributed by atoms with Crippen LogP contribution in [0.5, 0.6) is 0 Å². The van der Waals surface area contributed by atoms with Gasteiger partial charge in [0.15, 0.2) is 0 Å². The Labute approximate surface area is 195 Å². The molecule has 0 spiro atoms. The molecule has 0 saturated heterocycles. The number of benzene rings is 2. The minimum atomic E-state index is -3.65. The Morgan fingerprint density at radius 2 is 1.35 bits per heavy atom. The summed E-state index contributed by atoms with van der Waals surface area (Å²) in [5.41, 5.74) is 2.96. The van der Waals surface area contributed by atoms with Crippen LogP contribution in [0.3, 0.4) is 0 Å². The molecule has 0 N–H and O–H groups in total. The Morgan fingerprint density at radius 1 is 0.839 bits per heavy atom. The Hall–Kier alpha value is -2.20. The second-order valence-corrected chi connectivity index (χ2v) is 7.36. The molecule has 0 atom stereocenters. The minimum Gasteiger partial charge on any atom is -0.0312 e. The third-order valence-electron chi connectivity index (χ3n) is 3.93. The zero-order valence-corrected chi connectivity index (χ0v) is 18.3. The van der Waals surface area contributed by atoms with E-state index in [-0.39, 0.29) is 22.0 Å². The van der Waals surface area contributed by atoms with Crippen LogP contribution in [0, 0.1) is 51.5 Å². The number of rotatable bonds is 3. The van der Waals surface area contributed by atoms with Crippen molar-refractivity contribution in [1.82, 2.24) is 0 Å². The van der Waals surface area contributed by atoms with E-state index in [1.165, 1.54) is 11.8 Å². The topological polar surface area (TPSA) is 86.3 Å². The van der Waals surface area contributed by atoms with Gasteiger partial charge < -0.3 is 0 Å². The summed E-state index contributed by atoms with van der Waals surface area (Å²) >= 11 is 0. The van der Waals surface area contributed by atoms with Crippen LogP contribution >= 0.6 is 0 Å². The Kier molecular flexibility index (Phi) is 15.3. The van der Waals surface area contributed by atoms with Gasteiger partial charge in [0.25, 0.3) is 10.0 Å². The van der Waals surface area contributed by atoms with Gasteiger partial charge in [0, 0.05) is 0 Å². The van der Waals surface area contributed by atoms with Crippen LogP contribution in [0.25, 0.3) is 5.57 Å². The first kappa shape index (κ1) is 28.8. The molecule has 4 rings (SSSR count). The molecule has 0 heterocycles. The van der Waals surface area contributed by atoms with Crippen molar-refractivity contribution in [3.05, 3.63) is 117 Å². The summed E-state index contributed by atoms with van der Waals surface area (Å²) in [6.45, 7) is 9.00. The number of aryl methyl sites for hydroxylation is 1. The van der Waals surface area contributed by atoms with Crippen LogP contribution in [0.4, 0.5) is 0 Å². The molecule has 7 heteroatoms. The predicted molar refractivity (Wildman–Crippen MR) is 113 cm³/mol. The van der Waals surface area contributed by atoms with Gasteiger partial charge in [-0.2, -0.15) is 11.6 Å². The van der Waals surface area contributed by atoms with E-state index in [0.29, 0.717) is 0 Å². The second-order valence-electron chi connectivity index (χ2n) is 5.73. The molecular weight excluding hydrogens is 454 g/mol. The Morgan fingerprint density at radius 3 is 1.94 bits per heavy atom. The van der Waals surface area contributed by atoms with Gasteiger partial charge in [-0.25, -0.2) is 12.8 Å². The van der Waals surface area contributed by atoms with Crippen LogP contribution < -0.4 is 0 Å². The molecule has 1 saturated carbocycles. The molecule has 5 nitrogen and oxygen atoms in total. The molecule has 2 aliphatic rings. The first-order chi connectivity index (χ1) is 14.7. The van der Waals surface area contributed by atoms with Gasteiger partial charge in [0.1, 0.15) is 0 Å². The maximum atomic E-state index is 12.1. The molecule has 0 unspecified atom stereocenters. The minimum absolute atomic E-state index is 0. The zero-order chi connectivity index (χ0) is 22.2. The monoisotopic (exact) mass is 473 g/mol. The Balaban J connectivity index is 0.000000768. The van der Waals surface area contributed by atoms with Crippen LogP contribution in [0.15, 0.2) is 63.9 Å². The molecule has 2 aromatic carbocycles. The molecule has 5 radical (unpaired) electrons. The van der Waals surface area contributed by atoms with E-state index in [0.717, 1.165) is 24.0 Å². The van der Waals surface area contributed by atoms with Gasteiger partial charge in [0.05, 0.1) is 4.90 Å². The first-order valence-electron chi connectivity index (χ1n) is 8.79. The standard InChI is InChI=1S/C17H14NO2S.C5H5.2CO.Fe/c19-21(20,16-10-2-1-3-11-16)18-13-15-9-6-8-14-7-4-5-12-17(14)15;1-2-4-5-3-1;2*1-2;/h1-5,7,10-13H,6,8H2;1-5H;;;/q-1;;;;+2/b18-13+;;;;. The molecule has 157 valence electrons. The average Bonchev–Trinajstić information content (AvgIpc) is 3.41. The fourth-order valence-corrected chi connectivity index (χ4v) is 3.51. The largest absolute Gasteiger partial charge is 2.00 e. The quantitative estimate of drug-likeness (QED) is 0.289. The van der Waals surface area contributed by atoms with Gasteiger partial charge >= 0.3 is 39.7 Å². The van der Waals surface area contributed by atoms with E-state index >= 15 is 0 Å². The number of hydrogen-bond donors (Lipinski definition) is 0. The fraction of sp³-hybridized carbons (Fsp3) is 0.0833. The van der Waals surface area contributed by atoms with Crippen LogP contribution in [0.2, 0.25) is 0 Å². The molecule has 2 aliphatic carbocycles. The number of allylic oxidation sites excluding steroid dienone is 2. The maximum absolute atomic E-state index is 12.1. The summed E-state index contributed by atoms with van der Waals surface area (Å²) in [5, 5.41) is 0. The van der Waals surface area contributed by atoms with Crippen molar-refractivity contribution < 1.29 is 34.8 Å². The molecule has 0 bridgehead atoms. The smallest absolute Gasteiger partial charge is 0.0312 e. The molecule has 0 aliphatic heterocycles. The predicted octanol–water partition coefficient (Wildman–Crippen LogP) is 4.22. The van der Waals surface area contributed by atoms with Crippen molar-refractivity contribution >= 4 is 21.8 Å². The third-order valence-corrected chi connectivity index (χ3v) is 5.19. The van der Waals surface area contributed by atoms with Crippen molar-refractivity contribution in [3.8, 4) is 0 Å². The van der Waals surface area contributed by atoms with Crippen molar-refractivity contribution in [1.29, 1.82) is 0 Å². The van der Waals surface area contributed by atoms with E-state index in [1.54, 1.807) is 30.3 Å². The van der Waals surface area contributed by atoms with E-state index in [4.69, 9.17) is 9.30 Å². The second kappa shape index (κ2) is 16.5. The van der Waals surface area contributed by atoms with Gasteiger partial charge in [-0.1, -0.05) is 54.6 Å². The van der Waals surface area contributed by atoms with Crippen molar-refractivity contribution in [3.63, 3.8) is 0 Å². The zero-order valence-electron chi connectivity index (χ0n) is 16.4. The van der Waals surface area contributed by atoms with Gasteiger partial charge in [0.2, 0.25) is 0 Å². The first-order valence-corrected chi connectivity index (χ1v) is 10.2. The van der Waals surface area contributed by atoms with Crippen LogP contribution in [0.1, 0.15) is 17.5 Å². The van der Waals surface area contributed by atoms with E-state index in [9.17, 15) is 8.42 Å². The summed E-state index contributed by atoms with van der Waals surface area (Å²) in [5.74, 6) is 0. The van der Waals surface area contributed by atoms with Gasteiger partial charge in [-0.15, -0.1) is 11.6 Å². The number of hydrogen-bond acceptors (Lipinski definition) is 2. The summed E-state index contributed by atoms with van der Waals surface area (Å²) in [6, 6.07) is 16.2. The van der Waals surface area contributed by atoms with Gasteiger partial charge in [-0.3, -0.25) is 0 Å². The molecule has 1 fully saturated rings. The third kappa shape index (κ3) is 9.65. The Bertz CT molecular complexity index is 963. The average molecular weight is 473 g/mol. The van der Waals surface area contributed by atoms with Crippen molar-refractivity contribution in [2.45, 2.75) is 17.7 Å². The SMILES string of the molecule is O=S(=O)(/N=C/C1=[C-]CCc2ccccc21)c1ccccc1.[C-]#[O+].[C-]#[O+].[CH]1[CH][CH][CH][CH]1.[Fe+2].